The highest BCUT2D eigenvalue weighted by atomic mass is 16.6. The molecule has 5 heteroatoms. The molecular formula is C53H96O5. The number of carbonyl (C=O) groups excluding carboxylic acids is 2. The number of ether oxygens (including phenoxy) is 3. The van der Waals surface area contributed by atoms with Crippen LogP contribution in [0.4, 0.5) is 0 Å². The summed E-state index contributed by atoms with van der Waals surface area (Å²) < 4.78 is 17.4. The van der Waals surface area contributed by atoms with Gasteiger partial charge in [-0.2, -0.15) is 0 Å². The summed E-state index contributed by atoms with van der Waals surface area (Å²) >= 11 is 0. The minimum atomic E-state index is -0.542. The molecule has 0 amide bonds. The van der Waals surface area contributed by atoms with Gasteiger partial charge < -0.3 is 14.2 Å². The normalized spacial score (nSPS) is 12.5. The van der Waals surface area contributed by atoms with Crippen LogP contribution in [0.2, 0.25) is 0 Å². The number of hydrogen-bond acceptors (Lipinski definition) is 5. The van der Waals surface area contributed by atoms with Crippen LogP contribution in [-0.4, -0.2) is 37.9 Å². The molecule has 0 spiro atoms. The first-order valence-electron chi connectivity index (χ1n) is 25.2. The van der Waals surface area contributed by atoms with Gasteiger partial charge in [-0.25, -0.2) is 0 Å². The van der Waals surface area contributed by atoms with Crippen LogP contribution in [0.25, 0.3) is 0 Å². The van der Waals surface area contributed by atoms with Crippen LogP contribution in [0.1, 0.15) is 252 Å². The molecule has 0 radical (unpaired) electrons. The summed E-state index contributed by atoms with van der Waals surface area (Å²) in [4.78, 5) is 25.3. The summed E-state index contributed by atoms with van der Waals surface area (Å²) in [6.45, 7) is 7.70. The highest BCUT2D eigenvalue weighted by Gasteiger charge is 2.17. The maximum absolute atomic E-state index is 12.8. The summed E-state index contributed by atoms with van der Waals surface area (Å²) in [5.41, 5.74) is 0. The molecular weight excluding hydrogens is 717 g/mol. The third-order valence-electron chi connectivity index (χ3n) is 10.8. The maximum atomic E-state index is 12.8. The van der Waals surface area contributed by atoms with Gasteiger partial charge in [0.25, 0.3) is 0 Å². The first kappa shape index (κ1) is 55.9. The Morgan fingerprint density at radius 3 is 1.28 bits per heavy atom. The first-order valence-corrected chi connectivity index (χ1v) is 25.2. The van der Waals surface area contributed by atoms with Crippen LogP contribution in [0.3, 0.4) is 0 Å². The quantitative estimate of drug-likeness (QED) is 0.0348. The lowest BCUT2D eigenvalue weighted by Crippen LogP contribution is -2.30. The number of esters is 2. The fourth-order valence-electron chi connectivity index (χ4n) is 7.11. The van der Waals surface area contributed by atoms with Crippen LogP contribution in [-0.2, 0) is 23.8 Å². The summed E-state index contributed by atoms with van der Waals surface area (Å²) in [5.74, 6) is -0.411. The largest absolute Gasteiger partial charge is 0.462 e. The first-order chi connectivity index (χ1) is 28.6. The van der Waals surface area contributed by atoms with E-state index >= 15 is 0 Å². The molecule has 0 aromatic heterocycles. The lowest BCUT2D eigenvalue weighted by Gasteiger charge is -2.18. The molecule has 0 saturated heterocycles. The molecule has 0 aliphatic rings. The molecule has 0 rings (SSSR count). The molecule has 1 atom stereocenters. The third kappa shape index (κ3) is 46.5. The monoisotopic (exact) mass is 813 g/mol. The summed E-state index contributed by atoms with van der Waals surface area (Å²) in [6.07, 6.45) is 59.7. The van der Waals surface area contributed by atoms with E-state index in [-0.39, 0.29) is 25.2 Å². The van der Waals surface area contributed by atoms with Gasteiger partial charge in [0.2, 0.25) is 0 Å². The average Bonchev–Trinajstić information content (AvgIpc) is 3.22. The number of hydrogen-bond donors (Lipinski definition) is 0. The van der Waals surface area contributed by atoms with Crippen LogP contribution in [0.5, 0.6) is 0 Å². The van der Waals surface area contributed by atoms with Gasteiger partial charge in [0.15, 0.2) is 6.10 Å². The van der Waals surface area contributed by atoms with E-state index in [0.717, 1.165) is 70.6 Å². The molecule has 5 nitrogen and oxygen atoms in total. The molecule has 0 N–H and O–H groups in total. The van der Waals surface area contributed by atoms with Crippen molar-refractivity contribution in [1.29, 1.82) is 0 Å². The molecule has 338 valence electrons. The van der Waals surface area contributed by atoms with E-state index in [0.29, 0.717) is 19.4 Å². The van der Waals surface area contributed by atoms with Gasteiger partial charge in [-0.3, -0.25) is 9.59 Å². The zero-order chi connectivity index (χ0) is 42.1. The second-order valence-electron chi connectivity index (χ2n) is 16.7. The van der Waals surface area contributed by atoms with Crippen molar-refractivity contribution in [2.45, 2.75) is 258 Å². The molecule has 0 fully saturated rings. The second kappa shape index (κ2) is 49.2. The minimum Gasteiger partial charge on any atom is -0.462 e. The SMILES string of the molecule is CC/C=C\C/C=C\C/C=C\CCCCCCCC(=O)OCC(COCCCCCCCC/C=C\CCCCCC)OC(=O)CCCCCCCCCCCCCCC. The van der Waals surface area contributed by atoms with Crippen molar-refractivity contribution in [3.63, 3.8) is 0 Å². The van der Waals surface area contributed by atoms with E-state index in [1.807, 2.05) is 0 Å². The molecule has 0 heterocycles. The number of unbranched alkanes of at least 4 members (excludes halogenated alkanes) is 27. The Morgan fingerprint density at radius 1 is 0.397 bits per heavy atom. The summed E-state index contributed by atoms with van der Waals surface area (Å²) in [5, 5.41) is 0. The van der Waals surface area contributed by atoms with E-state index in [9.17, 15) is 9.59 Å². The zero-order valence-electron chi connectivity index (χ0n) is 38.8. The van der Waals surface area contributed by atoms with Gasteiger partial charge in [0, 0.05) is 19.4 Å². The third-order valence-corrected chi connectivity index (χ3v) is 10.8. The Kier molecular flexibility index (Phi) is 47.4. The van der Waals surface area contributed by atoms with Crippen LogP contribution in [0.15, 0.2) is 48.6 Å². The van der Waals surface area contributed by atoms with E-state index in [1.165, 1.54) is 148 Å². The average molecular weight is 813 g/mol. The molecule has 0 aromatic carbocycles. The van der Waals surface area contributed by atoms with Crippen LogP contribution >= 0.6 is 0 Å². The topological polar surface area (TPSA) is 61.8 Å². The number of carbonyl (C=O) groups is 2. The second-order valence-corrected chi connectivity index (χ2v) is 16.7. The molecule has 0 bridgehead atoms. The highest BCUT2D eigenvalue weighted by Crippen LogP contribution is 2.15. The minimum absolute atomic E-state index is 0.0767. The molecule has 0 aromatic rings. The van der Waals surface area contributed by atoms with Gasteiger partial charge in [-0.15, -0.1) is 0 Å². The van der Waals surface area contributed by atoms with Gasteiger partial charge in [-0.05, 0) is 77.0 Å². The van der Waals surface area contributed by atoms with Gasteiger partial charge >= 0.3 is 11.9 Å². The molecule has 0 saturated carbocycles. The Hall–Kier alpha value is -2.14. The van der Waals surface area contributed by atoms with Crippen molar-refractivity contribution in [2.24, 2.45) is 0 Å². The van der Waals surface area contributed by atoms with E-state index in [4.69, 9.17) is 14.2 Å². The predicted octanol–water partition coefficient (Wildman–Crippen LogP) is 16.8. The van der Waals surface area contributed by atoms with Crippen LogP contribution < -0.4 is 0 Å². The Morgan fingerprint density at radius 2 is 0.776 bits per heavy atom. The molecule has 58 heavy (non-hydrogen) atoms. The fourth-order valence-corrected chi connectivity index (χ4v) is 7.11. The lowest BCUT2D eigenvalue weighted by molar-refractivity contribution is -0.163. The van der Waals surface area contributed by atoms with Crippen LogP contribution in [0, 0.1) is 0 Å². The lowest BCUT2D eigenvalue weighted by atomic mass is 10.0. The number of allylic oxidation sites excluding steroid dienone is 8. The molecule has 0 aliphatic carbocycles. The molecule has 1 unspecified atom stereocenters. The Labute approximate surface area is 361 Å². The van der Waals surface area contributed by atoms with E-state index in [1.54, 1.807) is 0 Å². The van der Waals surface area contributed by atoms with Gasteiger partial charge in [-0.1, -0.05) is 211 Å². The van der Waals surface area contributed by atoms with Crippen molar-refractivity contribution in [1.82, 2.24) is 0 Å². The smallest absolute Gasteiger partial charge is 0.306 e. The number of rotatable bonds is 46. The maximum Gasteiger partial charge on any atom is 0.306 e. The predicted molar refractivity (Wildman–Crippen MR) is 251 cm³/mol. The summed E-state index contributed by atoms with van der Waals surface area (Å²) in [6, 6.07) is 0. The van der Waals surface area contributed by atoms with Gasteiger partial charge in [0.1, 0.15) is 6.61 Å². The van der Waals surface area contributed by atoms with E-state index < -0.39 is 6.10 Å². The van der Waals surface area contributed by atoms with Crippen molar-refractivity contribution >= 4 is 11.9 Å². The van der Waals surface area contributed by atoms with E-state index in [2.05, 4.69) is 69.4 Å². The fraction of sp³-hybridized carbons (Fsp3) is 0.811. The van der Waals surface area contributed by atoms with Gasteiger partial charge in [0.05, 0.1) is 6.61 Å². The van der Waals surface area contributed by atoms with Crippen molar-refractivity contribution in [3.05, 3.63) is 48.6 Å². The Bertz CT molecular complexity index is 966. The summed E-state index contributed by atoms with van der Waals surface area (Å²) in [7, 11) is 0. The molecule has 0 aliphatic heterocycles. The highest BCUT2D eigenvalue weighted by molar-refractivity contribution is 5.70. The van der Waals surface area contributed by atoms with Crippen molar-refractivity contribution in [2.75, 3.05) is 19.8 Å². The zero-order valence-corrected chi connectivity index (χ0v) is 38.8. The Balaban J connectivity index is 4.28. The van der Waals surface area contributed by atoms with Crippen molar-refractivity contribution in [3.8, 4) is 0 Å². The van der Waals surface area contributed by atoms with Crippen molar-refractivity contribution < 1.29 is 23.8 Å². The standard InChI is InChI=1S/C53H96O5/c1-4-7-10-13-16-19-22-25-27-29-31-34-37-40-43-46-52(54)57-50-51(49-56-48-45-42-39-36-33-30-26-23-20-17-14-11-8-5-2)58-53(55)47-44-41-38-35-32-28-24-21-18-15-12-9-6-3/h7,10,16,19-20,23,25,27,51H,4-6,8-9,11-15,17-18,21-22,24,26,28-50H2,1-3H3/b10-7-,19-16-,23-20-,27-25-.